The molecule has 4 unspecified atom stereocenters. The van der Waals surface area contributed by atoms with Gasteiger partial charge in [-0.3, -0.25) is 34.3 Å². The molecule has 4 amide bonds. The van der Waals surface area contributed by atoms with E-state index in [4.69, 9.17) is 4.74 Å². The Labute approximate surface area is 311 Å². The van der Waals surface area contributed by atoms with Crippen LogP contribution in [-0.4, -0.2) is 107 Å². The lowest BCUT2D eigenvalue weighted by Gasteiger charge is -2.42. The van der Waals surface area contributed by atoms with E-state index in [1.165, 1.54) is 81.9 Å². The summed E-state index contributed by atoms with van der Waals surface area (Å²) in [6.07, 6.45) is 21.3. The normalized spacial score (nSPS) is 36.5. The Hall–Kier alpha value is -2.14. The highest BCUT2D eigenvalue weighted by atomic mass is 16.5. The van der Waals surface area contributed by atoms with E-state index < -0.39 is 11.9 Å². The lowest BCUT2D eigenvalue weighted by molar-refractivity contribution is -0.151. The summed E-state index contributed by atoms with van der Waals surface area (Å²) in [6, 6.07) is -0.557. The predicted molar refractivity (Wildman–Crippen MR) is 199 cm³/mol. The molecule has 7 aliphatic rings. The van der Waals surface area contributed by atoms with E-state index >= 15 is 0 Å². The number of hydrogen-bond donors (Lipinski definition) is 2. The van der Waals surface area contributed by atoms with Crippen molar-refractivity contribution in [3.05, 3.63) is 11.1 Å². The number of allylic oxidation sites excluding steroid dienone is 2. The quantitative estimate of drug-likeness (QED) is 0.166. The first kappa shape index (κ1) is 38.1. The van der Waals surface area contributed by atoms with Gasteiger partial charge in [-0.2, -0.15) is 0 Å². The van der Waals surface area contributed by atoms with Crippen LogP contribution in [0, 0.1) is 29.6 Å². The van der Waals surface area contributed by atoms with Gasteiger partial charge in [0, 0.05) is 51.8 Å². The lowest BCUT2D eigenvalue weighted by Crippen LogP contribution is -2.54. The van der Waals surface area contributed by atoms with Crippen molar-refractivity contribution >= 4 is 23.6 Å². The number of nitrogens with zero attached hydrogens (tertiary/aromatic N) is 3. The molecule has 3 saturated heterocycles. The highest BCUT2D eigenvalue weighted by Crippen LogP contribution is 2.46. The van der Waals surface area contributed by atoms with Crippen molar-refractivity contribution in [3.63, 3.8) is 0 Å². The van der Waals surface area contributed by atoms with Gasteiger partial charge in [0.25, 0.3) is 0 Å². The van der Waals surface area contributed by atoms with Gasteiger partial charge in [0.15, 0.2) is 0 Å². The number of piperazine rings is 1. The standard InChI is InChI=1S/C42H66N4O6/c1-2-34(28-7-4-3-5-8-28)39(29-9-14-32(47)15-10-29)30-11-16-33(17-12-30)52-26-6-21-44-22-24-45(25-23-44)31-13-18-35-36(27-31)42(51)46(41(35)50)37-19-20-38(48)43-40(37)49/h28-33,35-37,47H,2-27H2,1H3,(H,43,48,49)/b39-34-. The van der Waals surface area contributed by atoms with Crippen LogP contribution in [0.1, 0.15) is 135 Å². The van der Waals surface area contributed by atoms with E-state index in [9.17, 15) is 24.3 Å². The molecule has 4 atom stereocenters. The van der Waals surface area contributed by atoms with E-state index in [1.807, 2.05) is 11.1 Å². The van der Waals surface area contributed by atoms with Crippen LogP contribution in [0.3, 0.4) is 0 Å². The number of amides is 4. The molecule has 0 bridgehead atoms. The maximum absolute atomic E-state index is 13.4. The fourth-order valence-corrected chi connectivity index (χ4v) is 11.6. The number of piperidine rings is 1. The van der Waals surface area contributed by atoms with Crippen molar-refractivity contribution < 1.29 is 29.0 Å². The second-order valence-corrected chi connectivity index (χ2v) is 17.4. The van der Waals surface area contributed by atoms with Crippen molar-refractivity contribution in [2.24, 2.45) is 29.6 Å². The van der Waals surface area contributed by atoms with Crippen LogP contribution in [0.15, 0.2) is 11.1 Å². The number of hydrogen-bond acceptors (Lipinski definition) is 8. The number of fused-ring (bicyclic) bond motifs is 1. The monoisotopic (exact) mass is 722 g/mol. The van der Waals surface area contributed by atoms with Gasteiger partial charge in [0.2, 0.25) is 23.6 Å². The summed E-state index contributed by atoms with van der Waals surface area (Å²) in [5.41, 5.74) is 3.65. The molecule has 7 rings (SSSR count). The Morgan fingerprint density at radius 3 is 2.10 bits per heavy atom. The lowest BCUT2D eigenvalue weighted by atomic mass is 9.68. The first-order valence-electron chi connectivity index (χ1n) is 21.5. The van der Waals surface area contributed by atoms with Gasteiger partial charge in [-0.1, -0.05) is 37.3 Å². The molecule has 52 heavy (non-hydrogen) atoms. The third kappa shape index (κ3) is 8.55. The minimum absolute atomic E-state index is 0.0937. The number of likely N-dealkylation sites (tertiary alicyclic amines) is 1. The first-order chi connectivity index (χ1) is 25.3. The van der Waals surface area contributed by atoms with Gasteiger partial charge in [0.1, 0.15) is 6.04 Å². The van der Waals surface area contributed by atoms with E-state index in [2.05, 4.69) is 22.0 Å². The Kier molecular flexibility index (Phi) is 12.9. The number of aliphatic hydroxyl groups excluding tert-OH is 1. The van der Waals surface area contributed by atoms with Crippen LogP contribution in [0.4, 0.5) is 0 Å². The molecule has 0 aromatic heterocycles. The summed E-state index contributed by atoms with van der Waals surface area (Å²) in [6.45, 7) is 8.26. The van der Waals surface area contributed by atoms with Crippen molar-refractivity contribution in [2.75, 3.05) is 39.3 Å². The van der Waals surface area contributed by atoms with Crippen molar-refractivity contribution in [1.82, 2.24) is 20.0 Å². The molecular weight excluding hydrogens is 656 g/mol. The number of aliphatic hydroxyl groups is 1. The molecular formula is C42H66N4O6. The maximum Gasteiger partial charge on any atom is 0.249 e. The molecule has 0 radical (unpaired) electrons. The van der Waals surface area contributed by atoms with Gasteiger partial charge >= 0.3 is 0 Å². The highest BCUT2D eigenvalue weighted by molar-refractivity contribution is 6.10. The number of rotatable bonds is 11. The second-order valence-electron chi connectivity index (χ2n) is 17.4. The second kappa shape index (κ2) is 17.5. The zero-order chi connectivity index (χ0) is 36.2. The molecule has 4 aliphatic carbocycles. The molecule has 3 aliphatic heterocycles. The molecule has 4 saturated carbocycles. The average molecular weight is 723 g/mol. The summed E-state index contributed by atoms with van der Waals surface area (Å²) < 4.78 is 6.51. The topological polar surface area (TPSA) is 119 Å². The molecule has 0 spiro atoms. The van der Waals surface area contributed by atoms with E-state index in [-0.39, 0.29) is 54.5 Å². The van der Waals surface area contributed by atoms with E-state index in [1.54, 1.807) is 0 Å². The molecule has 10 heteroatoms. The fourth-order valence-electron chi connectivity index (χ4n) is 11.6. The molecule has 0 aromatic carbocycles. The number of imide groups is 2. The van der Waals surface area contributed by atoms with Crippen molar-refractivity contribution in [3.8, 4) is 0 Å². The number of ether oxygens (including phenoxy) is 1. The Morgan fingerprint density at radius 1 is 0.750 bits per heavy atom. The van der Waals surface area contributed by atoms with Crippen LogP contribution in [0.2, 0.25) is 0 Å². The number of carbonyl (C=O) groups is 4. The maximum atomic E-state index is 13.4. The molecule has 10 nitrogen and oxygen atoms in total. The van der Waals surface area contributed by atoms with Crippen LogP contribution in [-0.2, 0) is 23.9 Å². The minimum Gasteiger partial charge on any atom is -0.393 e. The zero-order valence-corrected chi connectivity index (χ0v) is 31.9. The SMILES string of the molecule is CC/C(=C(\C1CCC(O)CC1)C1CCC(OCCCN2CCN(C3CCC4C(=O)N(C5CCC(=O)NC5=O)C(=O)C4C3)CC2)CC1)C1CCCCC1. The van der Waals surface area contributed by atoms with Gasteiger partial charge in [-0.15, -0.1) is 0 Å². The third-order valence-corrected chi connectivity index (χ3v) is 14.4. The molecule has 3 heterocycles. The smallest absolute Gasteiger partial charge is 0.249 e. The van der Waals surface area contributed by atoms with Gasteiger partial charge in [-0.05, 0) is 120 Å². The summed E-state index contributed by atoms with van der Waals surface area (Å²) in [5, 5.41) is 12.6. The van der Waals surface area contributed by atoms with Crippen LogP contribution in [0.25, 0.3) is 0 Å². The predicted octanol–water partition coefficient (Wildman–Crippen LogP) is 5.37. The first-order valence-corrected chi connectivity index (χ1v) is 21.5. The largest absolute Gasteiger partial charge is 0.393 e. The molecule has 7 fully saturated rings. The Bertz CT molecular complexity index is 1310. The molecule has 290 valence electrons. The van der Waals surface area contributed by atoms with Gasteiger partial charge in [-0.25, -0.2) is 0 Å². The Balaban J connectivity index is 0.824. The summed E-state index contributed by atoms with van der Waals surface area (Å²) in [4.78, 5) is 57.0. The number of nitrogens with one attached hydrogen (secondary N) is 1. The van der Waals surface area contributed by atoms with Crippen LogP contribution < -0.4 is 5.32 Å². The fraction of sp³-hybridized carbons (Fsp3) is 0.857. The minimum atomic E-state index is -0.845. The van der Waals surface area contributed by atoms with Crippen LogP contribution >= 0.6 is 0 Å². The average Bonchev–Trinajstić information content (AvgIpc) is 3.41. The van der Waals surface area contributed by atoms with E-state index in [0.29, 0.717) is 30.8 Å². The van der Waals surface area contributed by atoms with Crippen LogP contribution in [0.5, 0.6) is 0 Å². The zero-order valence-electron chi connectivity index (χ0n) is 31.9. The third-order valence-electron chi connectivity index (χ3n) is 14.4. The highest BCUT2D eigenvalue weighted by Gasteiger charge is 2.54. The Morgan fingerprint density at radius 2 is 1.42 bits per heavy atom. The van der Waals surface area contributed by atoms with Crippen molar-refractivity contribution in [1.29, 1.82) is 0 Å². The molecule has 0 aromatic rings. The number of carbonyl (C=O) groups excluding carboxylic acids is 4. The summed E-state index contributed by atoms with van der Waals surface area (Å²) >= 11 is 0. The molecule has 2 N–H and O–H groups in total. The van der Waals surface area contributed by atoms with Crippen molar-refractivity contribution in [2.45, 2.75) is 160 Å². The van der Waals surface area contributed by atoms with Gasteiger partial charge in [0.05, 0.1) is 24.0 Å². The summed E-state index contributed by atoms with van der Waals surface area (Å²) in [5.74, 6) is 0.226. The van der Waals surface area contributed by atoms with E-state index in [0.717, 1.165) is 70.9 Å². The van der Waals surface area contributed by atoms with Gasteiger partial charge < -0.3 is 14.7 Å². The summed E-state index contributed by atoms with van der Waals surface area (Å²) in [7, 11) is 0.